The average molecular weight is 423 g/mol. The van der Waals surface area contributed by atoms with Crippen molar-refractivity contribution in [2.24, 2.45) is 0 Å². The molecule has 0 unspecified atom stereocenters. The summed E-state index contributed by atoms with van der Waals surface area (Å²) in [5.41, 5.74) is 1.65. The number of nitrogens with one attached hydrogen (secondary N) is 2. The summed E-state index contributed by atoms with van der Waals surface area (Å²) < 4.78 is 5.37. The van der Waals surface area contributed by atoms with Gasteiger partial charge in [0.1, 0.15) is 5.82 Å². The number of non-ortho nitro benzene ring substituents is 1. The van der Waals surface area contributed by atoms with Crippen molar-refractivity contribution in [2.45, 2.75) is 25.2 Å². The maximum absolute atomic E-state index is 13.2. The third-order valence-electron chi connectivity index (χ3n) is 5.97. The van der Waals surface area contributed by atoms with Crippen LogP contribution in [0.3, 0.4) is 0 Å². The molecule has 1 aliphatic carbocycles. The van der Waals surface area contributed by atoms with E-state index >= 15 is 0 Å². The molecule has 1 fully saturated rings. The van der Waals surface area contributed by atoms with Gasteiger partial charge >= 0.3 is 0 Å². The number of hydrogen-bond donors (Lipinski definition) is 2. The Morgan fingerprint density at radius 2 is 2.00 bits per heavy atom. The molecule has 2 aliphatic heterocycles. The number of carbonyl (C=O) groups excluding carboxylic acids is 1. The van der Waals surface area contributed by atoms with Crippen molar-refractivity contribution in [1.82, 2.24) is 9.97 Å². The Morgan fingerprint density at radius 3 is 2.77 bits per heavy atom. The van der Waals surface area contributed by atoms with E-state index in [1.807, 2.05) is 4.90 Å². The molecule has 1 aromatic heterocycles. The van der Waals surface area contributed by atoms with Crippen molar-refractivity contribution in [1.29, 1.82) is 0 Å². The van der Waals surface area contributed by atoms with Crippen LogP contribution in [-0.4, -0.2) is 47.0 Å². The van der Waals surface area contributed by atoms with E-state index in [4.69, 9.17) is 4.74 Å². The van der Waals surface area contributed by atoms with Gasteiger partial charge in [-0.3, -0.25) is 24.7 Å². The van der Waals surface area contributed by atoms with Gasteiger partial charge in [0.15, 0.2) is 5.78 Å². The number of anilines is 2. The Labute approximate surface area is 177 Å². The smallest absolute Gasteiger partial charge is 0.269 e. The lowest BCUT2D eigenvalue weighted by molar-refractivity contribution is -0.384. The van der Waals surface area contributed by atoms with Crippen LogP contribution in [0.5, 0.6) is 0 Å². The second kappa shape index (κ2) is 7.62. The highest BCUT2D eigenvalue weighted by atomic mass is 16.6. The Morgan fingerprint density at radius 1 is 1.19 bits per heavy atom. The molecule has 1 saturated heterocycles. The molecule has 3 aliphatic rings. The van der Waals surface area contributed by atoms with E-state index in [2.05, 4.69) is 15.3 Å². The fourth-order valence-corrected chi connectivity index (χ4v) is 4.53. The Kier molecular flexibility index (Phi) is 4.78. The summed E-state index contributed by atoms with van der Waals surface area (Å²) >= 11 is 0. The first-order valence-corrected chi connectivity index (χ1v) is 10.3. The molecule has 31 heavy (non-hydrogen) atoms. The summed E-state index contributed by atoms with van der Waals surface area (Å²) in [5.74, 6) is 0.0974. The Balaban J connectivity index is 1.68. The van der Waals surface area contributed by atoms with E-state index in [0.717, 1.165) is 5.70 Å². The zero-order chi connectivity index (χ0) is 21.5. The molecular weight excluding hydrogens is 402 g/mol. The molecule has 0 spiro atoms. The summed E-state index contributed by atoms with van der Waals surface area (Å²) in [6.07, 6.45) is 1.76. The molecule has 0 radical (unpaired) electrons. The molecule has 5 rings (SSSR count). The van der Waals surface area contributed by atoms with Crippen LogP contribution >= 0.6 is 0 Å². The number of Topliss-reactive ketones (excluding diaryl/α,β-unsaturated/α-hetero) is 1. The van der Waals surface area contributed by atoms with Crippen molar-refractivity contribution in [2.75, 3.05) is 36.5 Å². The third-order valence-corrected chi connectivity index (χ3v) is 5.97. The fourth-order valence-electron chi connectivity index (χ4n) is 4.53. The number of ketones is 1. The van der Waals surface area contributed by atoms with E-state index in [0.29, 0.717) is 74.0 Å². The summed E-state index contributed by atoms with van der Waals surface area (Å²) in [6.45, 7) is 2.33. The maximum atomic E-state index is 13.2. The monoisotopic (exact) mass is 423 g/mol. The van der Waals surface area contributed by atoms with Crippen LogP contribution in [0.15, 0.2) is 40.3 Å². The minimum absolute atomic E-state index is 0.0486. The average Bonchev–Trinajstić information content (AvgIpc) is 2.78. The predicted octanol–water partition coefficient (Wildman–Crippen LogP) is 2.08. The van der Waals surface area contributed by atoms with Crippen LogP contribution in [0.4, 0.5) is 17.5 Å². The second-order valence-electron chi connectivity index (χ2n) is 7.83. The molecule has 3 heterocycles. The molecule has 1 atom stereocenters. The number of nitro groups is 1. The SMILES string of the molecule is O=C1CCCC2=C1[C@@H](c1cccc([N+](=O)[O-])c1)c1c(nc(N3CCOCC3)[nH]c1=O)N2. The third kappa shape index (κ3) is 3.38. The summed E-state index contributed by atoms with van der Waals surface area (Å²) in [7, 11) is 0. The molecular formula is C21H21N5O5. The van der Waals surface area contributed by atoms with Gasteiger partial charge in [0.25, 0.3) is 11.2 Å². The largest absolute Gasteiger partial charge is 0.378 e. The lowest BCUT2D eigenvalue weighted by atomic mass is 9.76. The first-order valence-electron chi connectivity index (χ1n) is 10.3. The van der Waals surface area contributed by atoms with Gasteiger partial charge in [0, 0.05) is 48.8 Å². The number of allylic oxidation sites excluding steroid dienone is 2. The highest BCUT2D eigenvalue weighted by Crippen LogP contribution is 2.44. The van der Waals surface area contributed by atoms with Crippen molar-refractivity contribution in [3.8, 4) is 0 Å². The number of aromatic amines is 1. The Hall–Kier alpha value is -3.53. The lowest BCUT2D eigenvalue weighted by Crippen LogP contribution is -2.40. The highest BCUT2D eigenvalue weighted by Gasteiger charge is 2.38. The number of benzene rings is 1. The molecule has 0 saturated carbocycles. The normalized spacial score (nSPS) is 20.7. The van der Waals surface area contributed by atoms with E-state index in [9.17, 15) is 19.7 Å². The molecule has 10 heteroatoms. The molecule has 1 aromatic carbocycles. The minimum Gasteiger partial charge on any atom is -0.378 e. The molecule has 10 nitrogen and oxygen atoms in total. The summed E-state index contributed by atoms with van der Waals surface area (Å²) in [5, 5.41) is 14.6. The molecule has 0 amide bonds. The van der Waals surface area contributed by atoms with Crippen LogP contribution < -0.4 is 15.8 Å². The van der Waals surface area contributed by atoms with Crippen LogP contribution in [-0.2, 0) is 9.53 Å². The van der Waals surface area contributed by atoms with Gasteiger partial charge in [-0.05, 0) is 18.4 Å². The zero-order valence-corrected chi connectivity index (χ0v) is 16.7. The quantitative estimate of drug-likeness (QED) is 0.567. The number of aromatic nitrogens is 2. The molecule has 0 bridgehead atoms. The predicted molar refractivity (Wildman–Crippen MR) is 112 cm³/mol. The van der Waals surface area contributed by atoms with Crippen molar-refractivity contribution in [3.63, 3.8) is 0 Å². The van der Waals surface area contributed by atoms with Crippen LogP contribution in [0, 0.1) is 10.1 Å². The number of hydrogen-bond acceptors (Lipinski definition) is 8. The standard InChI is InChI=1S/C21H21N5O5/c27-15-6-2-5-14-17(15)16(12-3-1-4-13(11-12)26(29)30)18-19(22-14)23-21(24-20(18)28)25-7-9-31-10-8-25/h1,3-4,11,16H,2,5-10H2,(H2,22,23,24,28)/t16-/m1/s1. The number of ether oxygens (including phenoxy) is 1. The number of nitrogens with zero attached hydrogens (tertiary/aromatic N) is 3. The lowest BCUT2D eigenvalue weighted by Gasteiger charge is -2.34. The highest BCUT2D eigenvalue weighted by molar-refractivity contribution is 6.01. The number of fused-ring (bicyclic) bond motifs is 1. The van der Waals surface area contributed by atoms with Gasteiger partial charge in [0.2, 0.25) is 5.95 Å². The van der Waals surface area contributed by atoms with Gasteiger partial charge in [-0.2, -0.15) is 4.98 Å². The van der Waals surface area contributed by atoms with E-state index in [1.54, 1.807) is 12.1 Å². The fraction of sp³-hybridized carbons (Fsp3) is 0.381. The number of morpholine rings is 1. The number of H-pyrrole nitrogens is 1. The van der Waals surface area contributed by atoms with Crippen molar-refractivity contribution >= 4 is 23.2 Å². The van der Waals surface area contributed by atoms with Crippen LogP contribution in [0.1, 0.15) is 36.3 Å². The first-order chi connectivity index (χ1) is 15.0. The molecule has 160 valence electrons. The van der Waals surface area contributed by atoms with Gasteiger partial charge < -0.3 is 15.0 Å². The minimum atomic E-state index is -0.700. The second-order valence-corrected chi connectivity index (χ2v) is 7.83. The zero-order valence-electron chi connectivity index (χ0n) is 16.7. The molecule has 2 aromatic rings. The van der Waals surface area contributed by atoms with Gasteiger partial charge in [-0.25, -0.2) is 0 Å². The number of carbonyl (C=O) groups is 1. The van der Waals surface area contributed by atoms with Gasteiger partial charge in [0.05, 0.1) is 23.7 Å². The molecule has 2 N–H and O–H groups in total. The summed E-state index contributed by atoms with van der Waals surface area (Å²) in [6, 6.07) is 6.12. The van der Waals surface area contributed by atoms with Crippen LogP contribution in [0.25, 0.3) is 0 Å². The maximum Gasteiger partial charge on any atom is 0.269 e. The summed E-state index contributed by atoms with van der Waals surface area (Å²) in [4.78, 5) is 46.5. The number of nitro benzene ring substituents is 1. The van der Waals surface area contributed by atoms with Gasteiger partial charge in [-0.15, -0.1) is 0 Å². The van der Waals surface area contributed by atoms with E-state index < -0.39 is 10.8 Å². The first kappa shape index (κ1) is 19.4. The van der Waals surface area contributed by atoms with Crippen molar-refractivity contribution in [3.05, 3.63) is 67.1 Å². The van der Waals surface area contributed by atoms with Gasteiger partial charge in [-0.1, -0.05) is 12.1 Å². The van der Waals surface area contributed by atoms with E-state index in [-0.39, 0.29) is 17.0 Å². The number of rotatable bonds is 3. The van der Waals surface area contributed by atoms with Crippen molar-refractivity contribution < 1.29 is 14.5 Å². The Bertz CT molecular complexity index is 1160. The van der Waals surface area contributed by atoms with Crippen LogP contribution in [0.2, 0.25) is 0 Å². The topological polar surface area (TPSA) is 130 Å². The van der Waals surface area contributed by atoms with E-state index in [1.165, 1.54) is 12.1 Å².